The van der Waals surface area contributed by atoms with Crippen LogP contribution in [-0.2, 0) is 6.42 Å². The fourth-order valence-corrected chi connectivity index (χ4v) is 2.05. The van der Waals surface area contributed by atoms with Crippen LogP contribution in [0.15, 0.2) is 34.9 Å². The van der Waals surface area contributed by atoms with Crippen LogP contribution >= 0.6 is 0 Å². The summed E-state index contributed by atoms with van der Waals surface area (Å²) in [7, 11) is 0. The zero-order valence-electron chi connectivity index (χ0n) is 9.10. The molecule has 0 bridgehead atoms. The molecule has 0 saturated carbocycles. The van der Waals surface area contributed by atoms with Gasteiger partial charge in [0.1, 0.15) is 0 Å². The van der Waals surface area contributed by atoms with Crippen molar-refractivity contribution >= 4 is 6.29 Å². The van der Waals surface area contributed by atoms with Crippen LogP contribution in [0, 0.1) is 0 Å². The van der Waals surface area contributed by atoms with Crippen LogP contribution in [-0.4, -0.2) is 12.8 Å². The van der Waals surface area contributed by atoms with Gasteiger partial charge in [0.15, 0.2) is 17.8 Å². The van der Waals surface area contributed by atoms with Crippen molar-refractivity contribution in [3.05, 3.63) is 41.9 Å². The molecule has 0 radical (unpaired) electrons. The number of benzene rings is 1. The highest BCUT2D eigenvalue weighted by atomic mass is 16.6. The zero-order valence-corrected chi connectivity index (χ0v) is 9.10. The van der Waals surface area contributed by atoms with Crippen molar-refractivity contribution in [3.8, 4) is 16.9 Å². The molecule has 1 aliphatic heterocycles. The van der Waals surface area contributed by atoms with Crippen LogP contribution in [0.25, 0.3) is 11.1 Å². The summed E-state index contributed by atoms with van der Waals surface area (Å²) >= 11 is 0. The molecule has 2 heterocycles. The van der Waals surface area contributed by atoms with Gasteiger partial charge in [-0.15, -0.1) is 0 Å². The summed E-state index contributed by atoms with van der Waals surface area (Å²) < 4.78 is 5.13. The predicted octanol–water partition coefficient (Wildman–Crippen LogP) is 2.20. The topological polar surface area (TPSA) is 51.5 Å². The highest BCUT2D eigenvalue weighted by Gasteiger charge is 2.16. The van der Waals surface area contributed by atoms with Gasteiger partial charge in [-0.2, -0.15) is 5.48 Å². The molecule has 1 N–H and O–H groups in total. The molecule has 2 aromatic rings. The Morgan fingerprint density at radius 3 is 3.12 bits per heavy atom. The number of fused-ring (bicyclic) bond motifs is 1. The number of hydrogen-bond donors (Lipinski definition) is 1. The molecule has 0 amide bonds. The van der Waals surface area contributed by atoms with Crippen LogP contribution in [0.3, 0.4) is 0 Å². The van der Waals surface area contributed by atoms with Gasteiger partial charge in [-0.1, -0.05) is 12.1 Å². The van der Waals surface area contributed by atoms with Crippen molar-refractivity contribution in [3.63, 3.8) is 0 Å². The van der Waals surface area contributed by atoms with E-state index in [0.29, 0.717) is 12.0 Å². The Labute approximate surface area is 98.2 Å². The van der Waals surface area contributed by atoms with Gasteiger partial charge in [-0.05, 0) is 24.1 Å². The summed E-state index contributed by atoms with van der Waals surface area (Å²) in [6.45, 7) is 0.780. The smallest absolute Gasteiger partial charge is 0.185 e. The minimum absolute atomic E-state index is 0.340. The molecular weight excluding hydrogens is 218 g/mol. The average molecular weight is 229 g/mol. The minimum Gasteiger partial charge on any atom is -0.461 e. The Morgan fingerprint density at radius 1 is 1.35 bits per heavy atom. The van der Waals surface area contributed by atoms with Crippen molar-refractivity contribution in [2.45, 2.75) is 6.42 Å². The summed E-state index contributed by atoms with van der Waals surface area (Å²) in [5, 5.41) is 0. The standard InChI is InChI=1S/C13H11NO3/c15-7-10-6-9(8-16-10)11-2-1-3-13-12(11)4-5-14-17-13/h1-3,6-8,14H,4-5H2. The molecule has 1 aromatic heterocycles. The second-order valence-electron chi connectivity index (χ2n) is 3.88. The van der Waals surface area contributed by atoms with Gasteiger partial charge in [0.05, 0.1) is 6.26 Å². The molecule has 1 aliphatic rings. The number of hydrogen-bond acceptors (Lipinski definition) is 4. The van der Waals surface area contributed by atoms with E-state index in [1.807, 2.05) is 18.2 Å². The van der Waals surface area contributed by atoms with E-state index < -0.39 is 0 Å². The lowest BCUT2D eigenvalue weighted by molar-refractivity contribution is 0.110. The first-order valence-corrected chi connectivity index (χ1v) is 5.44. The number of nitrogens with one attached hydrogen (secondary N) is 1. The van der Waals surface area contributed by atoms with Crippen LogP contribution in [0.5, 0.6) is 5.75 Å². The number of carbonyl (C=O) groups excluding carboxylic acids is 1. The quantitative estimate of drug-likeness (QED) is 0.802. The van der Waals surface area contributed by atoms with E-state index >= 15 is 0 Å². The number of aldehydes is 1. The molecule has 0 spiro atoms. The fraction of sp³-hybridized carbons (Fsp3) is 0.154. The summed E-state index contributed by atoms with van der Waals surface area (Å²) in [6, 6.07) is 7.60. The predicted molar refractivity (Wildman–Crippen MR) is 61.9 cm³/mol. The third-order valence-corrected chi connectivity index (χ3v) is 2.84. The highest BCUT2D eigenvalue weighted by molar-refractivity contribution is 5.77. The minimum atomic E-state index is 0.340. The van der Waals surface area contributed by atoms with Gasteiger partial charge < -0.3 is 9.25 Å². The van der Waals surface area contributed by atoms with Gasteiger partial charge in [-0.3, -0.25) is 4.79 Å². The first-order chi connectivity index (χ1) is 8.38. The van der Waals surface area contributed by atoms with Crippen LogP contribution in [0.4, 0.5) is 0 Å². The summed E-state index contributed by atoms with van der Waals surface area (Å²) in [5.41, 5.74) is 5.97. The second kappa shape index (κ2) is 4.07. The monoisotopic (exact) mass is 229 g/mol. The third-order valence-electron chi connectivity index (χ3n) is 2.84. The highest BCUT2D eigenvalue weighted by Crippen LogP contribution is 2.33. The molecule has 0 aliphatic carbocycles. The SMILES string of the molecule is O=Cc1cc(-c2cccc3c2CCNO3)co1. The molecule has 17 heavy (non-hydrogen) atoms. The van der Waals surface area contributed by atoms with E-state index in [4.69, 9.17) is 9.25 Å². The number of hydroxylamine groups is 1. The summed E-state index contributed by atoms with van der Waals surface area (Å²) in [6.07, 6.45) is 3.20. The van der Waals surface area contributed by atoms with Gasteiger partial charge >= 0.3 is 0 Å². The molecule has 4 heteroatoms. The van der Waals surface area contributed by atoms with E-state index in [1.54, 1.807) is 12.3 Å². The maximum absolute atomic E-state index is 10.6. The second-order valence-corrected chi connectivity index (χ2v) is 3.88. The molecule has 86 valence electrons. The molecule has 4 nitrogen and oxygen atoms in total. The fourth-order valence-electron chi connectivity index (χ4n) is 2.05. The Bertz CT molecular complexity index is 560. The van der Waals surface area contributed by atoms with Gasteiger partial charge in [0.2, 0.25) is 0 Å². The number of furan rings is 1. The normalized spacial score (nSPS) is 13.9. The van der Waals surface area contributed by atoms with E-state index in [0.717, 1.165) is 35.4 Å². The molecule has 3 rings (SSSR count). The lowest BCUT2D eigenvalue weighted by atomic mass is 9.98. The van der Waals surface area contributed by atoms with Crippen molar-refractivity contribution < 1.29 is 14.0 Å². The summed E-state index contributed by atoms with van der Waals surface area (Å²) in [4.78, 5) is 16.0. The van der Waals surface area contributed by atoms with Gasteiger partial charge in [-0.25, -0.2) is 0 Å². The van der Waals surface area contributed by atoms with E-state index in [2.05, 4.69) is 5.48 Å². The van der Waals surface area contributed by atoms with Gasteiger partial charge in [0, 0.05) is 17.7 Å². The Balaban J connectivity index is 2.10. The van der Waals surface area contributed by atoms with E-state index in [9.17, 15) is 4.79 Å². The van der Waals surface area contributed by atoms with Crippen LogP contribution in [0.1, 0.15) is 16.1 Å². The zero-order chi connectivity index (χ0) is 11.7. The molecule has 0 atom stereocenters. The first-order valence-electron chi connectivity index (χ1n) is 5.44. The van der Waals surface area contributed by atoms with E-state index in [1.165, 1.54) is 0 Å². The van der Waals surface area contributed by atoms with Crippen LogP contribution < -0.4 is 10.3 Å². The lowest BCUT2D eigenvalue weighted by Crippen LogP contribution is -2.27. The maximum Gasteiger partial charge on any atom is 0.185 e. The van der Waals surface area contributed by atoms with Crippen molar-refractivity contribution in [1.29, 1.82) is 0 Å². The largest absolute Gasteiger partial charge is 0.461 e. The summed E-state index contributed by atoms with van der Waals surface area (Å²) in [5.74, 6) is 1.18. The molecule has 0 saturated heterocycles. The Morgan fingerprint density at radius 2 is 2.29 bits per heavy atom. The van der Waals surface area contributed by atoms with Crippen LogP contribution in [0.2, 0.25) is 0 Å². The van der Waals surface area contributed by atoms with E-state index in [-0.39, 0.29) is 0 Å². The van der Waals surface area contributed by atoms with Crippen molar-refractivity contribution in [2.75, 3.05) is 6.54 Å². The average Bonchev–Trinajstić information content (AvgIpc) is 2.87. The van der Waals surface area contributed by atoms with Crippen molar-refractivity contribution in [1.82, 2.24) is 5.48 Å². The third kappa shape index (κ3) is 1.72. The lowest BCUT2D eigenvalue weighted by Gasteiger charge is -2.19. The molecule has 0 unspecified atom stereocenters. The first kappa shape index (κ1) is 10.1. The maximum atomic E-state index is 10.6. The number of rotatable bonds is 2. The van der Waals surface area contributed by atoms with Gasteiger partial charge in [0.25, 0.3) is 0 Å². The number of carbonyl (C=O) groups is 1. The Kier molecular flexibility index (Phi) is 2.42. The van der Waals surface area contributed by atoms with Crippen molar-refractivity contribution in [2.24, 2.45) is 0 Å². The molecular formula is C13H11NO3. The molecule has 1 aromatic carbocycles. The molecule has 0 fully saturated rings. The Hall–Kier alpha value is -2.07.